The van der Waals surface area contributed by atoms with Gasteiger partial charge in [-0.1, -0.05) is 12.1 Å². The Kier molecular flexibility index (Phi) is 3.69. The van der Waals surface area contributed by atoms with Crippen molar-refractivity contribution in [2.45, 2.75) is 27.7 Å². The average molecular weight is 257 g/mol. The molecule has 0 bridgehead atoms. The van der Waals surface area contributed by atoms with Crippen LogP contribution >= 0.6 is 0 Å². The number of ether oxygens (including phenoxy) is 1. The highest BCUT2D eigenvalue weighted by atomic mass is 16.5. The third kappa shape index (κ3) is 2.84. The number of aryl methyl sites for hydroxylation is 3. The summed E-state index contributed by atoms with van der Waals surface area (Å²) < 4.78 is 5.95. The Hall–Kier alpha value is -2.10. The second-order valence-corrected chi connectivity index (χ2v) is 4.67. The maximum atomic E-state index is 5.95. The first-order chi connectivity index (χ1) is 9.01. The van der Waals surface area contributed by atoms with E-state index in [1.54, 1.807) is 0 Å². The molecule has 0 spiro atoms. The van der Waals surface area contributed by atoms with Gasteiger partial charge < -0.3 is 10.1 Å². The topological polar surface area (TPSA) is 47.0 Å². The molecule has 0 amide bonds. The third-order valence-electron chi connectivity index (χ3n) is 3.00. The first kappa shape index (κ1) is 13.3. The van der Waals surface area contributed by atoms with Gasteiger partial charge in [0, 0.05) is 7.05 Å². The van der Waals surface area contributed by atoms with Gasteiger partial charge in [-0.05, 0) is 44.9 Å². The lowest BCUT2D eigenvalue weighted by Gasteiger charge is -2.13. The zero-order valence-corrected chi connectivity index (χ0v) is 12.0. The van der Waals surface area contributed by atoms with Gasteiger partial charge in [0.25, 0.3) is 0 Å². The molecular formula is C15H19N3O. The lowest BCUT2D eigenvalue weighted by atomic mass is 10.1. The molecule has 0 radical (unpaired) electrons. The van der Waals surface area contributed by atoms with Crippen LogP contribution in [0.5, 0.6) is 11.6 Å². The maximum Gasteiger partial charge on any atom is 0.227 e. The van der Waals surface area contributed by atoms with E-state index < -0.39 is 0 Å². The molecular weight excluding hydrogens is 238 g/mol. The van der Waals surface area contributed by atoms with Crippen LogP contribution in [0.1, 0.15) is 22.5 Å². The van der Waals surface area contributed by atoms with E-state index in [4.69, 9.17) is 4.74 Å². The molecule has 0 saturated carbocycles. The van der Waals surface area contributed by atoms with E-state index in [-0.39, 0.29) is 0 Å². The zero-order chi connectivity index (χ0) is 14.0. The number of aromatic nitrogens is 2. The molecule has 0 unspecified atom stereocenters. The summed E-state index contributed by atoms with van der Waals surface area (Å²) in [7, 11) is 1.84. The predicted octanol–water partition coefficient (Wildman–Crippen LogP) is 3.54. The molecule has 0 saturated heterocycles. The van der Waals surface area contributed by atoms with Crippen LogP contribution < -0.4 is 10.1 Å². The zero-order valence-electron chi connectivity index (χ0n) is 12.0. The molecule has 4 heteroatoms. The van der Waals surface area contributed by atoms with Crippen LogP contribution in [0.25, 0.3) is 0 Å². The molecule has 4 nitrogen and oxygen atoms in total. The van der Waals surface area contributed by atoms with Gasteiger partial charge >= 0.3 is 0 Å². The van der Waals surface area contributed by atoms with Gasteiger partial charge in [-0.25, -0.2) is 4.98 Å². The van der Waals surface area contributed by atoms with Crippen LogP contribution in [-0.4, -0.2) is 17.0 Å². The van der Waals surface area contributed by atoms with Crippen molar-refractivity contribution in [3.05, 3.63) is 40.7 Å². The van der Waals surface area contributed by atoms with Crippen molar-refractivity contribution >= 4 is 5.82 Å². The van der Waals surface area contributed by atoms with Crippen molar-refractivity contribution in [1.82, 2.24) is 9.97 Å². The number of hydrogen-bond donors (Lipinski definition) is 1. The van der Waals surface area contributed by atoms with Crippen LogP contribution in [-0.2, 0) is 0 Å². The molecule has 0 aliphatic rings. The standard InChI is InChI=1S/C15H19N3O/c1-9-6-7-10(2)13(8-9)19-15-11(3)14(16-5)17-12(4)18-15/h6-8H,1-5H3,(H,16,17,18). The Morgan fingerprint density at radius 3 is 2.47 bits per heavy atom. The second kappa shape index (κ2) is 5.26. The van der Waals surface area contributed by atoms with Gasteiger partial charge in [-0.2, -0.15) is 4.98 Å². The van der Waals surface area contributed by atoms with Crippen molar-refractivity contribution in [2.24, 2.45) is 0 Å². The van der Waals surface area contributed by atoms with E-state index >= 15 is 0 Å². The fourth-order valence-corrected chi connectivity index (χ4v) is 1.87. The first-order valence-corrected chi connectivity index (χ1v) is 6.29. The number of rotatable bonds is 3. The highest BCUT2D eigenvalue weighted by Gasteiger charge is 2.11. The lowest BCUT2D eigenvalue weighted by molar-refractivity contribution is 0.452. The van der Waals surface area contributed by atoms with Crippen molar-refractivity contribution in [1.29, 1.82) is 0 Å². The van der Waals surface area contributed by atoms with E-state index in [2.05, 4.69) is 21.4 Å². The molecule has 0 aliphatic heterocycles. The quantitative estimate of drug-likeness (QED) is 0.913. The molecule has 1 N–H and O–H groups in total. The SMILES string of the molecule is CNc1nc(C)nc(Oc2cc(C)ccc2C)c1C. The maximum absolute atomic E-state index is 5.95. The van der Waals surface area contributed by atoms with E-state index in [9.17, 15) is 0 Å². The number of nitrogens with one attached hydrogen (secondary N) is 1. The minimum Gasteiger partial charge on any atom is -0.438 e. The van der Waals surface area contributed by atoms with Crippen LogP contribution in [0.2, 0.25) is 0 Å². The summed E-state index contributed by atoms with van der Waals surface area (Å²) in [5.41, 5.74) is 3.17. The fourth-order valence-electron chi connectivity index (χ4n) is 1.87. The molecule has 1 aromatic carbocycles. The lowest BCUT2D eigenvalue weighted by Crippen LogP contribution is -2.03. The summed E-state index contributed by atoms with van der Waals surface area (Å²) >= 11 is 0. The van der Waals surface area contributed by atoms with E-state index in [1.807, 2.05) is 46.9 Å². The Bertz CT molecular complexity index is 609. The fraction of sp³-hybridized carbons (Fsp3) is 0.333. The van der Waals surface area contributed by atoms with Crippen molar-refractivity contribution in [3.63, 3.8) is 0 Å². The van der Waals surface area contributed by atoms with E-state index in [0.29, 0.717) is 11.7 Å². The molecule has 0 fully saturated rings. The van der Waals surface area contributed by atoms with Crippen molar-refractivity contribution in [3.8, 4) is 11.6 Å². The van der Waals surface area contributed by atoms with Gasteiger partial charge in [0.2, 0.25) is 5.88 Å². The molecule has 100 valence electrons. The molecule has 1 heterocycles. The number of anilines is 1. The molecule has 0 aliphatic carbocycles. The molecule has 19 heavy (non-hydrogen) atoms. The van der Waals surface area contributed by atoms with E-state index in [0.717, 1.165) is 28.3 Å². The third-order valence-corrected chi connectivity index (χ3v) is 3.00. The summed E-state index contributed by atoms with van der Waals surface area (Å²) in [5, 5.41) is 3.06. The largest absolute Gasteiger partial charge is 0.438 e. The minimum atomic E-state index is 0.602. The molecule has 0 atom stereocenters. The first-order valence-electron chi connectivity index (χ1n) is 6.29. The predicted molar refractivity (Wildman–Crippen MR) is 77.0 cm³/mol. The van der Waals surface area contributed by atoms with Gasteiger partial charge in [-0.3, -0.25) is 0 Å². The van der Waals surface area contributed by atoms with Gasteiger partial charge in [0.1, 0.15) is 17.4 Å². The monoisotopic (exact) mass is 257 g/mol. The molecule has 2 rings (SSSR count). The molecule has 2 aromatic rings. The minimum absolute atomic E-state index is 0.602. The van der Waals surface area contributed by atoms with Gasteiger partial charge in [0.05, 0.1) is 5.56 Å². The Morgan fingerprint density at radius 2 is 1.79 bits per heavy atom. The summed E-state index contributed by atoms with van der Waals surface area (Å²) in [6.07, 6.45) is 0. The van der Waals surface area contributed by atoms with Crippen molar-refractivity contribution in [2.75, 3.05) is 12.4 Å². The summed E-state index contributed by atoms with van der Waals surface area (Å²) in [5.74, 6) is 2.93. The Labute approximate surface area is 113 Å². The number of hydrogen-bond acceptors (Lipinski definition) is 4. The van der Waals surface area contributed by atoms with Crippen LogP contribution in [0.4, 0.5) is 5.82 Å². The summed E-state index contributed by atoms with van der Waals surface area (Å²) in [6.45, 7) is 7.88. The van der Waals surface area contributed by atoms with E-state index in [1.165, 1.54) is 0 Å². The number of nitrogens with zero attached hydrogens (tertiary/aromatic N) is 2. The van der Waals surface area contributed by atoms with Gasteiger partial charge in [0.15, 0.2) is 0 Å². The second-order valence-electron chi connectivity index (χ2n) is 4.67. The number of benzene rings is 1. The smallest absolute Gasteiger partial charge is 0.227 e. The highest BCUT2D eigenvalue weighted by Crippen LogP contribution is 2.29. The summed E-state index contributed by atoms with van der Waals surface area (Å²) in [6, 6.07) is 6.14. The van der Waals surface area contributed by atoms with Crippen LogP contribution in [0, 0.1) is 27.7 Å². The van der Waals surface area contributed by atoms with Gasteiger partial charge in [-0.15, -0.1) is 0 Å². The Balaban J connectivity index is 2.43. The summed E-state index contributed by atoms with van der Waals surface area (Å²) in [4.78, 5) is 8.71. The van der Waals surface area contributed by atoms with Crippen LogP contribution in [0.15, 0.2) is 18.2 Å². The molecule has 1 aromatic heterocycles. The Morgan fingerprint density at radius 1 is 1.05 bits per heavy atom. The normalized spacial score (nSPS) is 10.4. The van der Waals surface area contributed by atoms with Crippen molar-refractivity contribution < 1.29 is 4.74 Å². The average Bonchev–Trinajstić information content (AvgIpc) is 2.37. The highest BCUT2D eigenvalue weighted by molar-refractivity contribution is 5.50. The van der Waals surface area contributed by atoms with Crippen LogP contribution in [0.3, 0.4) is 0 Å².